The van der Waals surface area contributed by atoms with Crippen LogP contribution in [0, 0.1) is 0 Å². The number of hydrogen-bond acceptors (Lipinski definition) is 3. The van der Waals surface area contributed by atoms with Gasteiger partial charge >= 0.3 is 0 Å². The first-order valence-corrected chi connectivity index (χ1v) is 7.87. The third kappa shape index (κ3) is 8.92. The molecule has 0 aliphatic carbocycles. The standard InChI is InChI=1S/C14H28O2S/c17-12-7-5-3-1-2-4-6-10-15-13-14-9-8-11-16-14/h14,17H,1-13H2. The van der Waals surface area contributed by atoms with Crippen molar-refractivity contribution in [2.75, 3.05) is 25.6 Å². The van der Waals surface area contributed by atoms with Crippen molar-refractivity contribution in [3.63, 3.8) is 0 Å². The van der Waals surface area contributed by atoms with Gasteiger partial charge in [-0.05, 0) is 31.4 Å². The Hall–Kier alpha value is 0.270. The second kappa shape index (κ2) is 11.4. The van der Waals surface area contributed by atoms with Crippen LogP contribution in [-0.4, -0.2) is 31.7 Å². The number of hydrogen-bond donors (Lipinski definition) is 1. The van der Waals surface area contributed by atoms with Gasteiger partial charge in [-0.1, -0.05) is 32.1 Å². The molecule has 102 valence electrons. The quantitative estimate of drug-likeness (QED) is 0.449. The fourth-order valence-corrected chi connectivity index (χ4v) is 2.41. The summed E-state index contributed by atoms with van der Waals surface area (Å²) in [5.74, 6) is 1.04. The molecule has 2 nitrogen and oxygen atoms in total. The molecule has 17 heavy (non-hydrogen) atoms. The highest BCUT2D eigenvalue weighted by Crippen LogP contribution is 2.12. The minimum absolute atomic E-state index is 0.385. The Balaban J connectivity index is 1.69. The predicted octanol–water partition coefficient (Wildman–Crippen LogP) is 3.84. The van der Waals surface area contributed by atoms with E-state index in [4.69, 9.17) is 9.47 Å². The summed E-state index contributed by atoms with van der Waals surface area (Å²) in [6, 6.07) is 0. The Kier molecular flexibility index (Phi) is 10.2. The van der Waals surface area contributed by atoms with Crippen molar-refractivity contribution in [1.29, 1.82) is 0 Å². The van der Waals surface area contributed by atoms with E-state index in [2.05, 4.69) is 12.6 Å². The SMILES string of the molecule is SCCCCCCCCCOCC1CCCO1. The van der Waals surface area contributed by atoms with Crippen LogP contribution in [-0.2, 0) is 9.47 Å². The van der Waals surface area contributed by atoms with Gasteiger partial charge in [0, 0.05) is 13.2 Å². The van der Waals surface area contributed by atoms with Crippen LogP contribution in [0.4, 0.5) is 0 Å². The molecule has 1 fully saturated rings. The third-order valence-corrected chi connectivity index (χ3v) is 3.59. The Morgan fingerprint density at radius 3 is 2.35 bits per heavy atom. The number of rotatable bonds is 11. The molecule has 0 radical (unpaired) electrons. The second-order valence-electron chi connectivity index (χ2n) is 4.91. The van der Waals surface area contributed by atoms with Gasteiger partial charge in [0.05, 0.1) is 12.7 Å². The van der Waals surface area contributed by atoms with Crippen LogP contribution in [0.3, 0.4) is 0 Å². The molecule has 0 amide bonds. The smallest absolute Gasteiger partial charge is 0.0809 e. The van der Waals surface area contributed by atoms with Crippen LogP contribution in [0.2, 0.25) is 0 Å². The van der Waals surface area contributed by atoms with Gasteiger partial charge in [-0.25, -0.2) is 0 Å². The lowest BCUT2D eigenvalue weighted by molar-refractivity contribution is 0.0161. The van der Waals surface area contributed by atoms with Crippen LogP contribution in [0.1, 0.15) is 57.8 Å². The van der Waals surface area contributed by atoms with Gasteiger partial charge in [-0.2, -0.15) is 12.6 Å². The molecule has 1 atom stereocenters. The third-order valence-electron chi connectivity index (χ3n) is 3.27. The van der Waals surface area contributed by atoms with Crippen molar-refractivity contribution in [3.8, 4) is 0 Å². The van der Waals surface area contributed by atoms with Crippen LogP contribution in [0.25, 0.3) is 0 Å². The van der Waals surface area contributed by atoms with Crippen molar-refractivity contribution in [2.45, 2.75) is 63.9 Å². The molecule has 0 bridgehead atoms. The van der Waals surface area contributed by atoms with Crippen LogP contribution in [0.15, 0.2) is 0 Å². The van der Waals surface area contributed by atoms with E-state index in [9.17, 15) is 0 Å². The molecule has 0 aromatic rings. The van der Waals surface area contributed by atoms with Crippen molar-refractivity contribution < 1.29 is 9.47 Å². The lowest BCUT2D eigenvalue weighted by atomic mass is 10.1. The first kappa shape index (κ1) is 15.3. The largest absolute Gasteiger partial charge is 0.379 e. The van der Waals surface area contributed by atoms with Crippen LogP contribution >= 0.6 is 12.6 Å². The Morgan fingerprint density at radius 1 is 1.00 bits per heavy atom. The first-order chi connectivity index (χ1) is 8.43. The average molecular weight is 260 g/mol. The summed E-state index contributed by atoms with van der Waals surface area (Å²) in [6.07, 6.45) is 12.0. The molecule has 0 saturated carbocycles. The second-order valence-corrected chi connectivity index (χ2v) is 5.36. The zero-order chi connectivity index (χ0) is 12.2. The Morgan fingerprint density at radius 2 is 1.71 bits per heavy atom. The molecule has 1 rings (SSSR count). The summed E-state index contributed by atoms with van der Waals surface area (Å²) in [7, 11) is 0. The van der Waals surface area contributed by atoms with E-state index in [0.29, 0.717) is 6.10 Å². The van der Waals surface area contributed by atoms with Crippen molar-refractivity contribution in [3.05, 3.63) is 0 Å². The maximum atomic E-state index is 5.63. The number of unbranched alkanes of at least 4 members (excludes halogenated alkanes) is 6. The van der Waals surface area contributed by atoms with Crippen molar-refractivity contribution >= 4 is 12.6 Å². The highest BCUT2D eigenvalue weighted by atomic mass is 32.1. The Bertz CT molecular complexity index is 158. The number of thiol groups is 1. The van der Waals surface area contributed by atoms with E-state index in [0.717, 1.165) is 25.6 Å². The maximum Gasteiger partial charge on any atom is 0.0809 e. The summed E-state index contributed by atoms with van der Waals surface area (Å²) in [5.41, 5.74) is 0. The summed E-state index contributed by atoms with van der Waals surface area (Å²) in [4.78, 5) is 0. The fraction of sp³-hybridized carbons (Fsp3) is 1.00. The van der Waals surface area contributed by atoms with E-state index in [1.54, 1.807) is 0 Å². The molecular weight excluding hydrogens is 232 g/mol. The van der Waals surface area contributed by atoms with Crippen molar-refractivity contribution in [2.24, 2.45) is 0 Å². The lowest BCUT2D eigenvalue weighted by Crippen LogP contribution is -2.14. The van der Waals surface area contributed by atoms with Gasteiger partial charge in [0.1, 0.15) is 0 Å². The van der Waals surface area contributed by atoms with E-state index < -0.39 is 0 Å². The predicted molar refractivity (Wildman–Crippen MR) is 76.0 cm³/mol. The minimum atomic E-state index is 0.385. The topological polar surface area (TPSA) is 18.5 Å². The van der Waals surface area contributed by atoms with Gasteiger partial charge in [0.25, 0.3) is 0 Å². The molecule has 1 saturated heterocycles. The summed E-state index contributed by atoms with van der Waals surface area (Å²) in [6.45, 7) is 2.65. The van der Waals surface area contributed by atoms with E-state index in [-0.39, 0.29) is 0 Å². The molecular formula is C14H28O2S. The molecule has 1 aliphatic rings. The lowest BCUT2D eigenvalue weighted by Gasteiger charge is -2.09. The fourth-order valence-electron chi connectivity index (χ4n) is 2.19. The van der Waals surface area contributed by atoms with Gasteiger partial charge in [0.15, 0.2) is 0 Å². The normalized spacial score (nSPS) is 19.9. The molecule has 0 N–H and O–H groups in total. The summed E-state index contributed by atoms with van der Waals surface area (Å²) in [5, 5.41) is 0. The van der Waals surface area contributed by atoms with Gasteiger partial charge in [0.2, 0.25) is 0 Å². The maximum absolute atomic E-state index is 5.63. The van der Waals surface area contributed by atoms with Gasteiger partial charge in [-0.3, -0.25) is 0 Å². The monoisotopic (exact) mass is 260 g/mol. The summed E-state index contributed by atoms with van der Waals surface area (Å²) < 4.78 is 11.1. The first-order valence-electron chi connectivity index (χ1n) is 7.23. The number of ether oxygens (including phenoxy) is 2. The minimum Gasteiger partial charge on any atom is -0.379 e. The molecule has 1 unspecified atom stereocenters. The molecule has 0 aromatic carbocycles. The molecule has 0 spiro atoms. The summed E-state index contributed by atoms with van der Waals surface area (Å²) >= 11 is 4.21. The zero-order valence-electron chi connectivity index (χ0n) is 11.0. The van der Waals surface area contributed by atoms with Crippen LogP contribution in [0.5, 0.6) is 0 Å². The highest BCUT2D eigenvalue weighted by Gasteiger charge is 2.14. The molecule has 0 aromatic heterocycles. The van der Waals surface area contributed by atoms with Gasteiger partial charge < -0.3 is 9.47 Å². The average Bonchev–Trinajstić information content (AvgIpc) is 2.85. The zero-order valence-corrected chi connectivity index (χ0v) is 11.9. The van der Waals surface area contributed by atoms with E-state index in [1.165, 1.54) is 57.8 Å². The van der Waals surface area contributed by atoms with Gasteiger partial charge in [-0.15, -0.1) is 0 Å². The highest BCUT2D eigenvalue weighted by molar-refractivity contribution is 7.80. The molecule has 1 heterocycles. The molecule has 1 aliphatic heterocycles. The van der Waals surface area contributed by atoms with E-state index in [1.807, 2.05) is 0 Å². The van der Waals surface area contributed by atoms with Crippen molar-refractivity contribution in [1.82, 2.24) is 0 Å². The van der Waals surface area contributed by atoms with E-state index >= 15 is 0 Å². The molecule has 3 heteroatoms. The van der Waals surface area contributed by atoms with Crippen LogP contribution < -0.4 is 0 Å². The Labute approximate surface area is 112 Å².